The number of carbonyl (C=O) groups excluding carboxylic acids is 2. The van der Waals surface area contributed by atoms with Crippen molar-refractivity contribution in [1.29, 1.82) is 0 Å². The predicted molar refractivity (Wildman–Crippen MR) is 131 cm³/mol. The Morgan fingerprint density at radius 2 is 1.33 bits per heavy atom. The van der Waals surface area contributed by atoms with Crippen LogP contribution in [0.25, 0.3) is 21.8 Å². The molecular weight excluding hydrogens is 410 g/mol. The maximum absolute atomic E-state index is 13.7. The van der Waals surface area contributed by atoms with Crippen LogP contribution in [0.4, 0.5) is 0 Å². The van der Waals surface area contributed by atoms with Gasteiger partial charge >= 0.3 is 5.97 Å². The highest BCUT2D eigenvalue weighted by molar-refractivity contribution is 6.08. The number of fused-ring (bicyclic) bond motifs is 3. The number of aromatic nitrogens is 1. The lowest BCUT2D eigenvalue weighted by Gasteiger charge is -2.23. The van der Waals surface area contributed by atoms with Crippen LogP contribution in [0.1, 0.15) is 50.0 Å². The van der Waals surface area contributed by atoms with Gasteiger partial charge in [0.2, 0.25) is 0 Å². The monoisotopic (exact) mass is 439 g/mol. The number of carbonyl (C=O) groups is 2. The van der Waals surface area contributed by atoms with E-state index in [9.17, 15) is 9.59 Å². The fraction of sp³-hybridized carbons (Fsp3) is 0.310. The molecule has 1 saturated carbocycles. The summed E-state index contributed by atoms with van der Waals surface area (Å²) in [5.41, 5.74) is 2.33. The Morgan fingerprint density at radius 3 is 1.91 bits per heavy atom. The van der Waals surface area contributed by atoms with Crippen molar-refractivity contribution in [3.8, 4) is 0 Å². The number of esters is 1. The molecule has 0 aliphatic heterocycles. The largest absolute Gasteiger partial charge is 0.460 e. The first-order valence-corrected chi connectivity index (χ1v) is 11.6. The maximum Gasteiger partial charge on any atom is 0.309 e. The van der Waals surface area contributed by atoms with E-state index in [1.165, 1.54) is 10.8 Å². The molecule has 3 atom stereocenters. The summed E-state index contributed by atoms with van der Waals surface area (Å²) in [4.78, 5) is 26.8. The Balaban J connectivity index is 1.63. The number of ketones is 1. The van der Waals surface area contributed by atoms with Crippen molar-refractivity contribution in [3.63, 3.8) is 0 Å². The Morgan fingerprint density at radius 1 is 0.788 bits per heavy atom. The number of rotatable bonds is 4. The van der Waals surface area contributed by atoms with Crippen molar-refractivity contribution < 1.29 is 14.3 Å². The van der Waals surface area contributed by atoms with E-state index in [2.05, 4.69) is 28.8 Å². The van der Waals surface area contributed by atoms with Crippen molar-refractivity contribution in [3.05, 3.63) is 84.4 Å². The van der Waals surface area contributed by atoms with E-state index in [0.29, 0.717) is 18.4 Å². The van der Waals surface area contributed by atoms with Crippen LogP contribution in [0.3, 0.4) is 0 Å². The summed E-state index contributed by atoms with van der Waals surface area (Å²) in [7, 11) is 0. The smallest absolute Gasteiger partial charge is 0.309 e. The Kier molecular flexibility index (Phi) is 5.32. The summed E-state index contributed by atoms with van der Waals surface area (Å²) in [6, 6.07) is 25.9. The van der Waals surface area contributed by atoms with Crippen LogP contribution < -0.4 is 0 Å². The third-order valence-corrected chi connectivity index (χ3v) is 6.61. The number of hydrogen-bond acceptors (Lipinski definition) is 3. The molecule has 1 fully saturated rings. The highest BCUT2D eigenvalue weighted by atomic mass is 16.6. The van der Waals surface area contributed by atoms with Crippen molar-refractivity contribution in [2.24, 2.45) is 11.8 Å². The number of ether oxygens (including phenoxy) is 1. The molecule has 0 saturated heterocycles. The molecule has 3 aromatic carbocycles. The zero-order valence-electron chi connectivity index (χ0n) is 19.3. The highest BCUT2D eigenvalue weighted by Gasteiger charge is 2.44. The maximum atomic E-state index is 13.7. The van der Waals surface area contributed by atoms with Crippen molar-refractivity contribution in [2.75, 3.05) is 0 Å². The van der Waals surface area contributed by atoms with E-state index < -0.39 is 5.60 Å². The fourth-order valence-electron chi connectivity index (χ4n) is 5.29. The first-order valence-electron chi connectivity index (χ1n) is 11.6. The van der Waals surface area contributed by atoms with Crippen LogP contribution >= 0.6 is 0 Å². The van der Waals surface area contributed by atoms with Gasteiger partial charge in [-0.2, -0.15) is 0 Å². The first kappa shape index (κ1) is 21.4. The lowest BCUT2D eigenvalue weighted by Crippen LogP contribution is -2.28. The first-order chi connectivity index (χ1) is 15.8. The van der Waals surface area contributed by atoms with Gasteiger partial charge in [-0.25, -0.2) is 0 Å². The van der Waals surface area contributed by atoms with Crippen molar-refractivity contribution in [1.82, 2.24) is 4.57 Å². The Labute approximate surface area is 194 Å². The molecule has 1 aliphatic rings. The average Bonchev–Trinajstić information content (AvgIpc) is 3.37. The standard InChI is InChI=1S/C29H29NO3/c1-29(2,3)33-28(32)20-17-23(27(31)19-11-5-4-6-12-19)26(18-20)30-24-15-9-7-13-21(24)22-14-8-10-16-25(22)30/h4-16,20,23,26H,17-18H2,1-3H3/t20-,23+,26+/m0/s1. The third-order valence-electron chi connectivity index (χ3n) is 6.61. The minimum atomic E-state index is -0.555. The predicted octanol–water partition coefficient (Wildman–Crippen LogP) is 6.59. The molecule has 0 amide bonds. The summed E-state index contributed by atoms with van der Waals surface area (Å²) in [5.74, 6) is -0.735. The van der Waals surface area contributed by atoms with Gasteiger partial charge in [0.05, 0.1) is 5.92 Å². The van der Waals surface area contributed by atoms with Crippen molar-refractivity contribution in [2.45, 2.75) is 45.3 Å². The van der Waals surface area contributed by atoms with Gasteiger partial charge in [-0.15, -0.1) is 0 Å². The van der Waals surface area contributed by atoms with E-state index in [4.69, 9.17) is 4.74 Å². The molecule has 1 aliphatic carbocycles. The van der Waals surface area contributed by atoms with Crippen LogP contribution in [0.5, 0.6) is 0 Å². The number of nitrogens with zero attached hydrogens (tertiary/aromatic N) is 1. The molecule has 4 heteroatoms. The van der Waals surface area contributed by atoms with Gasteiger partial charge in [-0.3, -0.25) is 9.59 Å². The number of para-hydroxylation sites is 2. The van der Waals surface area contributed by atoms with E-state index in [1.54, 1.807) is 0 Å². The minimum absolute atomic E-state index is 0.0912. The lowest BCUT2D eigenvalue weighted by atomic mass is 9.92. The van der Waals surface area contributed by atoms with Gasteiger partial charge in [-0.05, 0) is 45.7 Å². The molecule has 0 N–H and O–H groups in total. The van der Waals surface area contributed by atoms with Crippen LogP contribution in [0.15, 0.2) is 78.9 Å². The third kappa shape index (κ3) is 3.95. The lowest BCUT2D eigenvalue weighted by molar-refractivity contribution is -0.159. The van der Waals surface area contributed by atoms with E-state index in [1.807, 2.05) is 75.4 Å². The Bertz CT molecular complexity index is 1280. The minimum Gasteiger partial charge on any atom is -0.460 e. The van der Waals surface area contributed by atoms with E-state index in [0.717, 1.165) is 11.0 Å². The fourth-order valence-corrected chi connectivity index (χ4v) is 5.29. The zero-order valence-corrected chi connectivity index (χ0v) is 19.3. The summed E-state index contributed by atoms with van der Waals surface area (Å²) in [6.45, 7) is 5.66. The summed E-state index contributed by atoms with van der Waals surface area (Å²) in [5, 5.41) is 2.33. The molecule has 0 spiro atoms. The summed E-state index contributed by atoms with van der Waals surface area (Å²) >= 11 is 0. The SMILES string of the molecule is CC(C)(C)OC(=O)[C@@H]1C[C@@H](n2c3ccccc3c3ccccc32)[C@H](C(=O)c2ccccc2)C1. The van der Waals surface area contributed by atoms with Gasteiger partial charge in [0.25, 0.3) is 0 Å². The average molecular weight is 440 g/mol. The topological polar surface area (TPSA) is 48.3 Å². The summed E-state index contributed by atoms with van der Waals surface area (Å²) < 4.78 is 8.03. The second kappa shape index (κ2) is 8.18. The molecular formula is C29H29NO3. The molecule has 0 unspecified atom stereocenters. The van der Waals surface area contributed by atoms with Crippen LogP contribution in [0.2, 0.25) is 0 Å². The van der Waals surface area contributed by atoms with Crippen molar-refractivity contribution >= 4 is 33.6 Å². The van der Waals surface area contributed by atoms with Gasteiger partial charge in [-0.1, -0.05) is 66.7 Å². The molecule has 5 rings (SSSR count). The molecule has 0 radical (unpaired) electrons. The number of Topliss-reactive ketones (excluding diaryl/α,β-unsaturated/α-hetero) is 1. The Hall–Kier alpha value is -3.40. The summed E-state index contributed by atoms with van der Waals surface area (Å²) in [6.07, 6.45) is 1.08. The second-order valence-corrected chi connectivity index (χ2v) is 10.0. The van der Waals surface area contributed by atoms with Crippen LogP contribution in [0, 0.1) is 11.8 Å². The van der Waals surface area contributed by atoms with Crippen LogP contribution in [-0.2, 0) is 9.53 Å². The second-order valence-electron chi connectivity index (χ2n) is 10.0. The van der Waals surface area contributed by atoms with E-state index in [-0.39, 0.29) is 29.6 Å². The molecule has 33 heavy (non-hydrogen) atoms. The van der Waals surface area contributed by atoms with Crippen LogP contribution in [-0.4, -0.2) is 21.9 Å². The van der Waals surface area contributed by atoms with E-state index >= 15 is 0 Å². The van der Waals surface area contributed by atoms with Gasteiger partial charge < -0.3 is 9.30 Å². The molecule has 4 nitrogen and oxygen atoms in total. The molecule has 168 valence electrons. The molecule has 1 heterocycles. The van der Waals surface area contributed by atoms with Gasteiger partial charge in [0, 0.05) is 39.3 Å². The normalized spacial score (nSPS) is 20.9. The van der Waals surface area contributed by atoms with Gasteiger partial charge in [0.1, 0.15) is 5.60 Å². The molecule has 1 aromatic heterocycles. The molecule has 0 bridgehead atoms. The molecule has 4 aromatic rings. The zero-order chi connectivity index (χ0) is 23.2. The number of hydrogen-bond donors (Lipinski definition) is 0. The quantitative estimate of drug-likeness (QED) is 0.266. The highest BCUT2D eigenvalue weighted by Crippen LogP contribution is 2.46. The number of benzene rings is 3. The van der Waals surface area contributed by atoms with Gasteiger partial charge in [0.15, 0.2) is 5.78 Å².